The van der Waals surface area contributed by atoms with Crippen molar-refractivity contribution in [3.05, 3.63) is 22.8 Å². The summed E-state index contributed by atoms with van der Waals surface area (Å²) in [4.78, 5) is 16.2. The van der Waals surface area contributed by atoms with Crippen molar-refractivity contribution in [2.75, 3.05) is 4.90 Å². The van der Waals surface area contributed by atoms with E-state index in [1.165, 1.54) is 4.90 Å². The molecule has 1 amide bonds. The summed E-state index contributed by atoms with van der Waals surface area (Å²) < 4.78 is 0.627. The van der Waals surface area contributed by atoms with Crippen LogP contribution in [0.1, 0.15) is 13.8 Å². The Morgan fingerprint density at radius 3 is 2.64 bits per heavy atom. The fourth-order valence-corrected chi connectivity index (χ4v) is 1.45. The molecule has 1 aromatic rings. The fourth-order valence-electron chi connectivity index (χ4n) is 1.12. The standard InChI is InChI=1S/C9H11BrN2O2/c1-6(2)12(9(13)14)8-5-3-4-7(10)11-8/h3-6H,1-2H3,(H,13,14). The van der Waals surface area contributed by atoms with Crippen LogP contribution in [0.4, 0.5) is 10.6 Å². The Labute approximate surface area is 90.7 Å². The van der Waals surface area contributed by atoms with Gasteiger partial charge in [-0.3, -0.25) is 4.90 Å². The minimum Gasteiger partial charge on any atom is -0.465 e. The summed E-state index contributed by atoms with van der Waals surface area (Å²) in [5.41, 5.74) is 0. The molecule has 0 aliphatic heterocycles. The van der Waals surface area contributed by atoms with E-state index >= 15 is 0 Å². The van der Waals surface area contributed by atoms with Crippen LogP contribution in [0.2, 0.25) is 0 Å². The molecule has 1 N–H and O–H groups in total. The second-order valence-corrected chi connectivity index (χ2v) is 3.88. The van der Waals surface area contributed by atoms with Gasteiger partial charge in [0.25, 0.3) is 0 Å². The lowest BCUT2D eigenvalue weighted by molar-refractivity contribution is 0.200. The van der Waals surface area contributed by atoms with Crippen LogP contribution in [0.5, 0.6) is 0 Å². The number of anilines is 1. The molecule has 0 bridgehead atoms. The Kier molecular flexibility index (Phi) is 3.46. The first-order valence-corrected chi connectivity index (χ1v) is 4.96. The molecule has 0 unspecified atom stereocenters. The largest absolute Gasteiger partial charge is 0.465 e. The first kappa shape index (κ1) is 11.0. The van der Waals surface area contributed by atoms with Gasteiger partial charge in [0.1, 0.15) is 10.4 Å². The molecule has 0 saturated carbocycles. The molecule has 0 aromatic carbocycles. The zero-order valence-electron chi connectivity index (χ0n) is 7.94. The van der Waals surface area contributed by atoms with Gasteiger partial charge in [0.2, 0.25) is 0 Å². The summed E-state index contributed by atoms with van der Waals surface area (Å²) in [5.74, 6) is 0.432. The van der Waals surface area contributed by atoms with E-state index in [4.69, 9.17) is 5.11 Å². The number of carbonyl (C=O) groups is 1. The lowest BCUT2D eigenvalue weighted by Gasteiger charge is -2.22. The molecule has 1 aromatic heterocycles. The Morgan fingerprint density at radius 2 is 2.21 bits per heavy atom. The van der Waals surface area contributed by atoms with Crippen LogP contribution < -0.4 is 4.90 Å². The highest BCUT2D eigenvalue weighted by atomic mass is 79.9. The van der Waals surface area contributed by atoms with E-state index in [1.807, 2.05) is 0 Å². The van der Waals surface area contributed by atoms with Gasteiger partial charge in [-0.2, -0.15) is 0 Å². The highest BCUT2D eigenvalue weighted by molar-refractivity contribution is 9.10. The van der Waals surface area contributed by atoms with Gasteiger partial charge in [0.05, 0.1) is 0 Å². The van der Waals surface area contributed by atoms with E-state index in [2.05, 4.69) is 20.9 Å². The molecular formula is C9H11BrN2O2. The van der Waals surface area contributed by atoms with Crippen LogP contribution in [-0.4, -0.2) is 22.2 Å². The molecule has 5 heteroatoms. The third-order valence-electron chi connectivity index (χ3n) is 1.67. The zero-order valence-corrected chi connectivity index (χ0v) is 9.52. The number of aromatic nitrogens is 1. The summed E-state index contributed by atoms with van der Waals surface area (Å²) in [6, 6.07) is 5.04. The van der Waals surface area contributed by atoms with Gasteiger partial charge in [0, 0.05) is 6.04 Å². The van der Waals surface area contributed by atoms with E-state index in [9.17, 15) is 4.79 Å². The van der Waals surface area contributed by atoms with Crippen LogP contribution >= 0.6 is 15.9 Å². The molecule has 0 aliphatic carbocycles. The van der Waals surface area contributed by atoms with Crippen molar-refractivity contribution in [3.63, 3.8) is 0 Å². The van der Waals surface area contributed by atoms with Crippen molar-refractivity contribution in [3.8, 4) is 0 Å². The molecule has 0 aliphatic rings. The number of pyridine rings is 1. The van der Waals surface area contributed by atoms with Crippen molar-refractivity contribution in [1.29, 1.82) is 0 Å². The van der Waals surface area contributed by atoms with Gasteiger partial charge in [-0.05, 0) is 41.9 Å². The first-order valence-electron chi connectivity index (χ1n) is 4.17. The lowest BCUT2D eigenvalue weighted by Crippen LogP contribution is -2.36. The van der Waals surface area contributed by atoms with Gasteiger partial charge in [0.15, 0.2) is 0 Å². The van der Waals surface area contributed by atoms with Gasteiger partial charge in [-0.15, -0.1) is 0 Å². The smallest absolute Gasteiger partial charge is 0.413 e. The second kappa shape index (κ2) is 4.41. The maximum absolute atomic E-state index is 10.9. The molecule has 0 spiro atoms. The summed E-state index contributed by atoms with van der Waals surface area (Å²) >= 11 is 3.20. The van der Waals surface area contributed by atoms with E-state index in [0.717, 1.165) is 0 Å². The molecule has 1 heterocycles. The molecule has 1 rings (SSSR count). The maximum Gasteiger partial charge on any atom is 0.413 e. The van der Waals surface area contributed by atoms with E-state index in [-0.39, 0.29) is 6.04 Å². The maximum atomic E-state index is 10.9. The molecule has 0 fully saturated rings. The Bertz CT molecular complexity index is 341. The minimum absolute atomic E-state index is 0.130. The topological polar surface area (TPSA) is 53.4 Å². The number of hydrogen-bond acceptors (Lipinski definition) is 2. The average molecular weight is 259 g/mol. The lowest BCUT2D eigenvalue weighted by atomic mass is 10.3. The average Bonchev–Trinajstić information content (AvgIpc) is 2.02. The summed E-state index contributed by atoms with van der Waals surface area (Å²) in [7, 11) is 0. The Morgan fingerprint density at radius 1 is 1.57 bits per heavy atom. The van der Waals surface area contributed by atoms with Crippen molar-refractivity contribution in [2.24, 2.45) is 0 Å². The molecule has 0 radical (unpaired) electrons. The third-order valence-corrected chi connectivity index (χ3v) is 2.11. The van der Waals surface area contributed by atoms with Gasteiger partial charge >= 0.3 is 6.09 Å². The molecule has 4 nitrogen and oxygen atoms in total. The predicted molar refractivity (Wildman–Crippen MR) is 57.6 cm³/mol. The SMILES string of the molecule is CC(C)N(C(=O)O)c1cccc(Br)n1. The zero-order chi connectivity index (χ0) is 10.7. The summed E-state index contributed by atoms with van der Waals surface area (Å²) in [5, 5.41) is 8.96. The molecule has 14 heavy (non-hydrogen) atoms. The predicted octanol–water partition coefficient (Wildman–Crippen LogP) is 2.74. The number of amides is 1. The van der Waals surface area contributed by atoms with Crippen molar-refractivity contribution < 1.29 is 9.90 Å². The fraction of sp³-hybridized carbons (Fsp3) is 0.333. The number of rotatable bonds is 2. The molecule has 0 saturated heterocycles. The van der Waals surface area contributed by atoms with E-state index < -0.39 is 6.09 Å². The Balaban J connectivity index is 3.05. The number of hydrogen-bond donors (Lipinski definition) is 1. The number of nitrogens with zero attached hydrogens (tertiary/aromatic N) is 2. The van der Waals surface area contributed by atoms with Crippen molar-refractivity contribution in [2.45, 2.75) is 19.9 Å². The molecule has 76 valence electrons. The van der Waals surface area contributed by atoms with Gasteiger partial charge in [-0.1, -0.05) is 6.07 Å². The minimum atomic E-state index is -0.995. The first-order chi connectivity index (χ1) is 6.52. The van der Waals surface area contributed by atoms with Crippen molar-refractivity contribution >= 4 is 27.8 Å². The van der Waals surface area contributed by atoms with Crippen LogP contribution in [-0.2, 0) is 0 Å². The van der Waals surface area contributed by atoms with Gasteiger partial charge in [-0.25, -0.2) is 9.78 Å². The monoisotopic (exact) mass is 258 g/mol. The number of halogens is 1. The van der Waals surface area contributed by atoms with Crippen LogP contribution in [0.15, 0.2) is 22.8 Å². The third kappa shape index (κ3) is 2.45. The van der Waals surface area contributed by atoms with E-state index in [1.54, 1.807) is 32.0 Å². The quantitative estimate of drug-likeness (QED) is 0.831. The summed E-state index contributed by atoms with van der Waals surface area (Å²) in [6.07, 6.45) is -0.995. The van der Waals surface area contributed by atoms with Crippen LogP contribution in [0.3, 0.4) is 0 Å². The second-order valence-electron chi connectivity index (χ2n) is 3.06. The number of carboxylic acid groups (broad SMARTS) is 1. The van der Waals surface area contributed by atoms with Crippen LogP contribution in [0.25, 0.3) is 0 Å². The van der Waals surface area contributed by atoms with Crippen LogP contribution in [0, 0.1) is 0 Å². The highest BCUT2D eigenvalue weighted by Gasteiger charge is 2.18. The highest BCUT2D eigenvalue weighted by Crippen LogP contribution is 2.17. The van der Waals surface area contributed by atoms with Crippen molar-refractivity contribution in [1.82, 2.24) is 4.98 Å². The molecule has 0 atom stereocenters. The normalized spacial score (nSPS) is 10.3. The molecular weight excluding hydrogens is 248 g/mol. The van der Waals surface area contributed by atoms with E-state index in [0.29, 0.717) is 10.4 Å². The Hall–Kier alpha value is -1.10. The van der Waals surface area contributed by atoms with Gasteiger partial charge < -0.3 is 5.11 Å². The summed E-state index contributed by atoms with van der Waals surface area (Å²) in [6.45, 7) is 3.60.